The third-order valence-electron chi connectivity index (χ3n) is 2.94. The molecule has 106 valence electrons. The van der Waals surface area contributed by atoms with Gasteiger partial charge in [-0.15, -0.1) is 0 Å². The monoisotopic (exact) mass is 293 g/mol. The van der Waals surface area contributed by atoms with Gasteiger partial charge in [0.2, 0.25) is 0 Å². The smallest absolute Gasteiger partial charge is 0.123 e. The highest BCUT2D eigenvalue weighted by molar-refractivity contribution is 7.84. The van der Waals surface area contributed by atoms with Crippen LogP contribution in [0.2, 0.25) is 0 Å². The van der Waals surface area contributed by atoms with Crippen molar-refractivity contribution in [3.63, 3.8) is 0 Å². The molecule has 3 nitrogen and oxygen atoms in total. The van der Waals surface area contributed by atoms with Crippen LogP contribution in [0.1, 0.15) is 11.1 Å². The predicted octanol–water partition coefficient (Wildman–Crippen LogP) is 2.60. The highest BCUT2D eigenvalue weighted by Crippen LogP contribution is 2.21. The molecule has 0 amide bonds. The van der Waals surface area contributed by atoms with Gasteiger partial charge in [-0.05, 0) is 42.0 Å². The fourth-order valence-corrected chi connectivity index (χ4v) is 2.99. The van der Waals surface area contributed by atoms with E-state index in [2.05, 4.69) is 0 Å². The number of nitrogens with two attached hydrogens (primary N) is 1. The molecule has 0 aliphatic heterocycles. The van der Waals surface area contributed by atoms with Crippen molar-refractivity contribution < 1.29 is 13.3 Å². The molecular weight excluding hydrogens is 277 g/mol. The second-order valence-electron chi connectivity index (χ2n) is 4.29. The molecule has 2 aromatic carbocycles. The Balaban J connectivity index is 2.17. The summed E-state index contributed by atoms with van der Waals surface area (Å²) in [4.78, 5) is 0.608. The number of rotatable bonds is 5. The molecule has 0 spiro atoms. The van der Waals surface area contributed by atoms with Crippen molar-refractivity contribution in [3.05, 3.63) is 59.4 Å². The van der Waals surface area contributed by atoms with E-state index in [-0.39, 0.29) is 5.82 Å². The van der Waals surface area contributed by atoms with Gasteiger partial charge in [-0.3, -0.25) is 4.21 Å². The molecular formula is C15H16FNO2S. The van der Waals surface area contributed by atoms with Crippen molar-refractivity contribution in [1.29, 1.82) is 0 Å². The van der Waals surface area contributed by atoms with Crippen LogP contribution in [0, 0.1) is 5.82 Å². The third-order valence-corrected chi connectivity index (χ3v) is 4.33. The average molecular weight is 293 g/mol. The zero-order chi connectivity index (χ0) is 14.5. The van der Waals surface area contributed by atoms with Crippen molar-refractivity contribution in [2.24, 2.45) is 5.73 Å². The highest BCUT2D eigenvalue weighted by Gasteiger charge is 2.08. The van der Waals surface area contributed by atoms with Crippen LogP contribution in [-0.4, -0.2) is 11.3 Å². The fraction of sp³-hybridized carbons (Fsp3) is 0.200. The largest absolute Gasteiger partial charge is 0.496 e. The van der Waals surface area contributed by atoms with Gasteiger partial charge < -0.3 is 10.5 Å². The first kappa shape index (κ1) is 14.7. The molecule has 0 bridgehead atoms. The first-order valence-electron chi connectivity index (χ1n) is 6.14. The van der Waals surface area contributed by atoms with E-state index in [1.54, 1.807) is 19.2 Å². The molecule has 0 fully saturated rings. The number of benzene rings is 2. The van der Waals surface area contributed by atoms with E-state index in [0.29, 0.717) is 17.2 Å². The lowest BCUT2D eigenvalue weighted by Gasteiger charge is -2.09. The van der Waals surface area contributed by atoms with Crippen LogP contribution < -0.4 is 10.5 Å². The van der Waals surface area contributed by atoms with Gasteiger partial charge in [0.1, 0.15) is 11.6 Å². The molecule has 5 heteroatoms. The second kappa shape index (κ2) is 6.63. The van der Waals surface area contributed by atoms with Crippen LogP contribution in [0.3, 0.4) is 0 Å². The molecule has 0 radical (unpaired) electrons. The van der Waals surface area contributed by atoms with Gasteiger partial charge in [-0.1, -0.05) is 6.07 Å². The van der Waals surface area contributed by atoms with Crippen LogP contribution in [-0.2, 0) is 23.1 Å². The Bertz CT molecular complexity index is 614. The van der Waals surface area contributed by atoms with Crippen LogP contribution in [0.4, 0.5) is 4.39 Å². The lowest BCUT2D eigenvalue weighted by Crippen LogP contribution is -2.02. The van der Waals surface area contributed by atoms with E-state index in [1.807, 2.05) is 18.2 Å². The van der Waals surface area contributed by atoms with E-state index < -0.39 is 10.8 Å². The molecule has 0 aliphatic rings. The van der Waals surface area contributed by atoms with Crippen LogP contribution in [0.5, 0.6) is 5.75 Å². The molecule has 2 N–H and O–H groups in total. The Morgan fingerprint density at radius 2 is 1.90 bits per heavy atom. The Kier molecular flexibility index (Phi) is 4.87. The quantitative estimate of drug-likeness (QED) is 0.922. The first-order chi connectivity index (χ1) is 9.63. The van der Waals surface area contributed by atoms with Crippen molar-refractivity contribution in [2.45, 2.75) is 17.2 Å². The van der Waals surface area contributed by atoms with Gasteiger partial charge in [0.15, 0.2) is 0 Å². The zero-order valence-corrected chi connectivity index (χ0v) is 12.0. The summed E-state index contributed by atoms with van der Waals surface area (Å²) >= 11 is 0. The standard InChI is InChI=1S/C15H16FNO2S/c1-19-15-7-2-11(8-12(15)9-17)10-20(18)14-5-3-13(16)4-6-14/h2-8H,9-10,17H2,1H3. The lowest BCUT2D eigenvalue weighted by molar-refractivity contribution is 0.409. The molecule has 0 heterocycles. The predicted molar refractivity (Wildman–Crippen MR) is 77.4 cm³/mol. The zero-order valence-electron chi connectivity index (χ0n) is 11.1. The molecule has 20 heavy (non-hydrogen) atoms. The van der Waals surface area contributed by atoms with Gasteiger partial charge in [-0.25, -0.2) is 4.39 Å². The number of hydrogen-bond acceptors (Lipinski definition) is 3. The minimum Gasteiger partial charge on any atom is -0.496 e. The molecule has 0 aromatic heterocycles. The molecule has 1 atom stereocenters. The van der Waals surface area contributed by atoms with Crippen molar-refractivity contribution in [2.75, 3.05) is 7.11 Å². The van der Waals surface area contributed by atoms with Gasteiger partial charge in [0.05, 0.1) is 23.7 Å². The minimum absolute atomic E-state index is 0.333. The Labute approximate surface area is 120 Å². The SMILES string of the molecule is COc1ccc(CS(=O)c2ccc(F)cc2)cc1CN. The summed E-state index contributed by atoms with van der Waals surface area (Å²) in [7, 11) is 0.378. The topological polar surface area (TPSA) is 52.3 Å². The maximum absolute atomic E-state index is 12.8. The van der Waals surface area contributed by atoms with Crippen LogP contribution in [0.25, 0.3) is 0 Å². The molecule has 0 saturated carbocycles. The maximum atomic E-state index is 12.8. The van der Waals surface area contributed by atoms with Crippen LogP contribution >= 0.6 is 0 Å². The highest BCUT2D eigenvalue weighted by atomic mass is 32.2. The summed E-state index contributed by atoms with van der Waals surface area (Å²) in [5.74, 6) is 0.757. The number of methoxy groups -OCH3 is 1. The van der Waals surface area contributed by atoms with Gasteiger partial charge >= 0.3 is 0 Å². The van der Waals surface area contributed by atoms with E-state index in [0.717, 1.165) is 16.9 Å². The summed E-state index contributed by atoms with van der Waals surface area (Å²) in [5, 5.41) is 0. The Morgan fingerprint density at radius 3 is 2.50 bits per heavy atom. The molecule has 0 saturated heterocycles. The minimum atomic E-state index is -1.21. The molecule has 0 aliphatic carbocycles. The Morgan fingerprint density at radius 1 is 1.20 bits per heavy atom. The van der Waals surface area contributed by atoms with Crippen molar-refractivity contribution in [1.82, 2.24) is 0 Å². The Hall–Kier alpha value is -1.72. The second-order valence-corrected chi connectivity index (χ2v) is 5.75. The van der Waals surface area contributed by atoms with Crippen molar-refractivity contribution >= 4 is 10.8 Å². The summed E-state index contributed by atoms with van der Waals surface area (Å²) in [5.41, 5.74) is 7.44. The number of hydrogen-bond donors (Lipinski definition) is 1. The van der Waals surface area contributed by atoms with E-state index >= 15 is 0 Å². The number of ether oxygens (including phenoxy) is 1. The fourth-order valence-electron chi connectivity index (χ4n) is 1.90. The third kappa shape index (κ3) is 3.43. The summed E-state index contributed by atoms with van der Waals surface area (Å²) in [6, 6.07) is 11.3. The van der Waals surface area contributed by atoms with Gasteiger partial charge in [-0.2, -0.15) is 0 Å². The van der Waals surface area contributed by atoms with Crippen LogP contribution in [0.15, 0.2) is 47.4 Å². The normalized spacial score (nSPS) is 12.2. The first-order valence-corrected chi connectivity index (χ1v) is 7.45. The molecule has 2 rings (SSSR count). The van der Waals surface area contributed by atoms with E-state index in [9.17, 15) is 8.60 Å². The van der Waals surface area contributed by atoms with Gasteiger partial charge in [0.25, 0.3) is 0 Å². The van der Waals surface area contributed by atoms with E-state index in [4.69, 9.17) is 10.5 Å². The average Bonchev–Trinajstić information content (AvgIpc) is 2.47. The lowest BCUT2D eigenvalue weighted by atomic mass is 10.1. The van der Waals surface area contributed by atoms with Crippen molar-refractivity contribution in [3.8, 4) is 5.75 Å². The molecule has 1 unspecified atom stereocenters. The van der Waals surface area contributed by atoms with Gasteiger partial charge in [0, 0.05) is 17.0 Å². The molecule has 2 aromatic rings. The summed E-state index contributed by atoms with van der Waals surface area (Å²) in [6.07, 6.45) is 0. The van der Waals surface area contributed by atoms with E-state index in [1.165, 1.54) is 12.1 Å². The summed E-state index contributed by atoms with van der Waals surface area (Å²) < 4.78 is 30.2. The summed E-state index contributed by atoms with van der Waals surface area (Å²) in [6.45, 7) is 0.361. The number of halogens is 1. The maximum Gasteiger partial charge on any atom is 0.123 e.